The summed E-state index contributed by atoms with van der Waals surface area (Å²) in [6.45, 7) is 4.76. The fraction of sp³-hybridized carbons (Fsp3) is 0.758. The first-order chi connectivity index (χ1) is 34.5. The number of amides is 1. The number of unbranched alkanes of at least 4 members (excludes halogenated alkanes) is 26. The van der Waals surface area contributed by atoms with Gasteiger partial charge in [-0.1, -0.05) is 259 Å². The van der Waals surface area contributed by atoms with Crippen LogP contribution >= 0.6 is 7.82 Å². The minimum absolute atomic E-state index is 0.0732. The average molecular weight is 1010 g/mol. The van der Waals surface area contributed by atoms with E-state index in [0.29, 0.717) is 23.9 Å². The highest BCUT2D eigenvalue weighted by Gasteiger charge is 2.28. The maximum absolute atomic E-state index is 12.9. The second-order valence-corrected chi connectivity index (χ2v) is 22.4. The van der Waals surface area contributed by atoms with Crippen molar-refractivity contribution in [2.75, 3.05) is 40.9 Å². The van der Waals surface area contributed by atoms with Gasteiger partial charge in [0.15, 0.2) is 0 Å². The number of phosphoric acid groups is 1. The molecule has 3 N–H and O–H groups in total. The van der Waals surface area contributed by atoms with Gasteiger partial charge in [0.05, 0.1) is 39.9 Å². The third-order valence-electron chi connectivity index (χ3n) is 12.9. The molecule has 8 nitrogen and oxygen atoms in total. The van der Waals surface area contributed by atoms with Crippen molar-refractivity contribution in [2.24, 2.45) is 0 Å². The fourth-order valence-corrected chi connectivity index (χ4v) is 9.06. The Bertz CT molecular complexity index is 1430. The molecule has 9 heteroatoms. The van der Waals surface area contributed by atoms with E-state index in [4.69, 9.17) is 9.05 Å². The summed E-state index contributed by atoms with van der Waals surface area (Å²) >= 11 is 0. The molecule has 71 heavy (non-hydrogen) atoms. The number of carbonyl (C=O) groups excluding carboxylic acids is 1. The van der Waals surface area contributed by atoms with Gasteiger partial charge in [0.2, 0.25) is 5.91 Å². The van der Waals surface area contributed by atoms with Crippen LogP contribution in [0, 0.1) is 0 Å². The lowest BCUT2D eigenvalue weighted by molar-refractivity contribution is -0.870. The molecule has 3 unspecified atom stereocenters. The molecular weight excluding hydrogens is 900 g/mol. The minimum atomic E-state index is -4.32. The monoisotopic (exact) mass is 1010 g/mol. The third kappa shape index (κ3) is 55.3. The van der Waals surface area contributed by atoms with E-state index in [1.54, 1.807) is 0 Å². The molecule has 0 aliphatic heterocycles. The Morgan fingerprint density at radius 3 is 1.24 bits per heavy atom. The van der Waals surface area contributed by atoms with Crippen molar-refractivity contribution in [1.82, 2.24) is 5.32 Å². The van der Waals surface area contributed by atoms with Gasteiger partial charge in [0.1, 0.15) is 13.2 Å². The van der Waals surface area contributed by atoms with Gasteiger partial charge < -0.3 is 19.8 Å². The Labute approximate surface area is 439 Å². The van der Waals surface area contributed by atoms with Crippen LogP contribution in [-0.4, -0.2) is 73.4 Å². The summed E-state index contributed by atoms with van der Waals surface area (Å²) < 4.78 is 23.7. The molecule has 0 saturated carbocycles. The maximum atomic E-state index is 12.9. The van der Waals surface area contributed by atoms with Crippen molar-refractivity contribution < 1.29 is 32.9 Å². The fourth-order valence-electron chi connectivity index (χ4n) is 8.32. The predicted octanol–water partition coefficient (Wildman–Crippen LogP) is 18.0. The lowest BCUT2D eigenvalue weighted by Crippen LogP contribution is -2.46. The Kier molecular flexibility index (Phi) is 50.8. The number of quaternary nitrogens is 1. The molecule has 1 amide bonds. The molecule has 0 rings (SSSR count). The van der Waals surface area contributed by atoms with Gasteiger partial charge in [0, 0.05) is 6.42 Å². The number of nitrogens with zero attached hydrogens (tertiary/aromatic N) is 1. The van der Waals surface area contributed by atoms with Gasteiger partial charge in [-0.2, -0.15) is 0 Å². The number of phosphoric ester groups is 1. The van der Waals surface area contributed by atoms with Crippen molar-refractivity contribution in [3.05, 3.63) is 85.1 Å². The molecular formula is C62H114N2O6P+. The van der Waals surface area contributed by atoms with Crippen LogP contribution in [0.15, 0.2) is 85.1 Å². The molecule has 0 radical (unpaired) electrons. The number of aliphatic hydroxyl groups excluding tert-OH is 1. The molecule has 0 aromatic rings. The highest BCUT2D eigenvalue weighted by atomic mass is 31.2. The van der Waals surface area contributed by atoms with Crippen molar-refractivity contribution in [2.45, 2.75) is 264 Å². The molecule has 0 fully saturated rings. The molecule has 0 spiro atoms. The topological polar surface area (TPSA) is 105 Å². The van der Waals surface area contributed by atoms with Crippen molar-refractivity contribution in [1.29, 1.82) is 0 Å². The SMILES string of the molecule is CC/C=C\C/C=C\C/C=C\C/C=C\C/C=C\C/C=C\C/C=C\CCCCCCCCCCCCCCCCCCCC(=O)NC(COP(=O)(O)OCC[N+](C)(C)C)C(O)CCCCCCCCCCCC. The normalized spacial score (nSPS) is 14.5. The summed E-state index contributed by atoms with van der Waals surface area (Å²) in [6, 6.07) is -0.761. The number of rotatable bonds is 53. The van der Waals surface area contributed by atoms with E-state index in [-0.39, 0.29) is 19.1 Å². The molecule has 0 aliphatic rings. The van der Waals surface area contributed by atoms with E-state index in [9.17, 15) is 19.4 Å². The van der Waals surface area contributed by atoms with Gasteiger partial charge >= 0.3 is 7.82 Å². The Morgan fingerprint density at radius 1 is 0.493 bits per heavy atom. The van der Waals surface area contributed by atoms with Gasteiger partial charge in [-0.05, 0) is 70.6 Å². The standard InChI is InChI=1S/C62H113N2O6P/c1-6-8-10-12-14-16-18-19-20-21-22-23-24-25-26-27-28-29-30-31-32-33-34-35-36-37-38-39-40-41-42-43-44-45-46-48-50-52-54-56-62(66)63-60(59-70-71(67,68)69-58-57-64(3,4)5)61(65)55-53-51-49-47-17-15-13-11-9-7-2/h8,10,14,16,19-20,22-23,25-26,28-29,31-32,60-61,65H,6-7,9,11-13,15,17-18,21,24,27,30,33-59H2,1-5H3,(H-,63,66,67,68)/p+1/b10-8-,16-14-,20-19-,23-22-,26-25-,29-28-,32-31-. The summed E-state index contributed by atoms with van der Waals surface area (Å²) in [5.74, 6) is -0.146. The van der Waals surface area contributed by atoms with E-state index in [0.717, 1.165) is 83.5 Å². The van der Waals surface area contributed by atoms with Crippen LogP contribution in [-0.2, 0) is 18.4 Å². The van der Waals surface area contributed by atoms with Crippen molar-refractivity contribution in [3.63, 3.8) is 0 Å². The van der Waals surface area contributed by atoms with Gasteiger partial charge in [-0.15, -0.1) is 0 Å². The Morgan fingerprint density at radius 2 is 0.845 bits per heavy atom. The molecule has 0 bridgehead atoms. The Hall–Kier alpha value is -2.32. The number of hydrogen-bond acceptors (Lipinski definition) is 5. The molecule has 0 saturated heterocycles. The van der Waals surface area contributed by atoms with Gasteiger partial charge in [-0.3, -0.25) is 13.8 Å². The summed E-state index contributed by atoms with van der Waals surface area (Å²) in [7, 11) is 1.61. The maximum Gasteiger partial charge on any atom is 0.472 e. The number of aliphatic hydroxyl groups is 1. The summed E-state index contributed by atoms with van der Waals surface area (Å²) in [5.41, 5.74) is 0. The van der Waals surface area contributed by atoms with Crippen LogP contribution in [0.25, 0.3) is 0 Å². The zero-order valence-electron chi connectivity index (χ0n) is 46.9. The summed E-state index contributed by atoms with van der Waals surface area (Å²) in [5, 5.41) is 14.0. The zero-order valence-corrected chi connectivity index (χ0v) is 47.8. The van der Waals surface area contributed by atoms with Crippen molar-refractivity contribution in [3.8, 4) is 0 Å². The van der Waals surface area contributed by atoms with E-state index in [1.165, 1.54) is 141 Å². The number of allylic oxidation sites excluding steroid dienone is 14. The second-order valence-electron chi connectivity index (χ2n) is 21.0. The second kappa shape index (κ2) is 52.5. The van der Waals surface area contributed by atoms with E-state index in [1.807, 2.05) is 21.1 Å². The molecule has 0 heterocycles. The molecule has 0 aromatic heterocycles. The van der Waals surface area contributed by atoms with E-state index < -0.39 is 20.0 Å². The Balaban J connectivity index is 3.90. The van der Waals surface area contributed by atoms with Crippen LogP contribution < -0.4 is 5.32 Å². The van der Waals surface area contributed by atoms with Crippen LogP contribution in [0.2, 0.25) is 0 Å². The quantitative estimate of drug-likeness (QED) is 0.0243. The van der Waals surface area contributed by atoms with E-state index in [2.05, 4.69) is 104 Å². The number of carbonyl (C=O) groups is 1. The molecule has 412 valence electrons. The number of nitrogens with one attached hydrogen (secondary N) is 1. The first kappa shape index (κ1) is 68.7. The first-order valence-corrected chi connectivity index (χ1v) is 30.9. The lowest BCUT2D eigenvalue weighted by atomic mass is 10.0. The molecule has 3 atom stereocenters. The highest BCUT2D eigenvalue weighted by Crippen LogP contribution is 2.43. The summed E-state index contributed by atoms with van der Waals surface area (Å²) in [6.07, 6.45) is 73.8. The van der Waals surface area contributed by atoms with Crippen LogP contribution in [0.3, 0.4) is 0 Å². The van der Waals surface area contributed by atoms with E-state index >= 15 is 0 Å². The molecule has 0 aromatic carbocycles. The highest BCUT2D eigenvalue weighted by molar-refractivity contribution is 7.47. The van der Waals surface area contributed by atoms with Crippen LogP contribution in [0.5, 0.6) is 0 Å². The smallest absolute Gasteiger partial charge is 0.391 e. The van der Waals surface area contributed by atoms with Crippen LogP contribution in [0.4, 0.5) is 0 Å². The van der Waals surface area contributed by atoms with Crippen molar-refractivity contribution >= 4 is 13.7 Å². The minimum Gasteiger partial charge on any atom is -0.391 e. The third-order valence-corrected chi connectivity index (χ3v) is 13.9. The first-order valence-electron chi connectivity index (χ1n) is 29.5. The number of likely N-dealkylation sites (N-methyl/N-ethyl adjacent to an activating group) is 1. The summed E-state index contributed by atoms with van der Waals surface area (Å²) in [4.78, 5) is 23.2. The lowest BCUT2D eigenvalue weighted by Gasteiger charge is -2.26. The zero-order chi connectivity index (χ0) is 52.0. The average Bonchev–Trinajstić information content (AvgIpc) is 3.33. The predicted molar refractivity (Wildman–Crippen MR) is 309 cm³/mol. The van der Waals surface area contributed by atoms with Gasteiger partial charge in [-0.25, -0.2) is 4.57 Å². The van der Waals surface area contributed by atoms with Crippen LogP contribution in [0.1, 0.15) is 251 Å². The largest absolute Gasteiger partial charge is 0.472 e. The van der Waals surface area contributed by atoms with Gasteiger partial charge in [0.25, 0.3) is 0 Å². The number of hydrogen-bond donors (Lipinski definition) is 3. The molecule has 0 aliphatic carbocycles.